The van der Waals surface area contributed by atoms with Crippen molar-refractivity contribution in [2.24, 2.45) is 0 Å². The molecule has 130 valence electrons. The van der Waals surface area contributed by atoms with E-state index < -0.39 is 5.25 Å². The summed E-state index contributed by atoms with van der Waals surface area (Å²) in [4.78, 5) is 16.9. The number of para-hydroxylation sites is 2. The molecule has 1 amide bonds. The van der Waals surface area contributed by atoms with Crippen molar-refractivity contribution < 1.29 is 13.9 Å². The highest BCUT2D eigenvalue weighted by Crippen LogP contribution is 2.32. The Balaban J connectivity index is 1.73. The Morgan fingerprint density at radius 1 is 1.36 bits per heavy atom. The van der Waals surface area contributed by atoms with E-state index >= 15 is 0 Å². The second-order valence-electron chi connectivity index (χ2n) is 5.50. The van der Waals surface area contributed by atoms with Gasteiger partial charge < -0.3 is 14.5 Å². The predicted molar refractivity (Wildman–Crippen MR) is 101 cm³/mol. The van der Waals surface area contributed by atoms with E-state index in [0.29, 0.717) is 27.3 Å². The number of carbonyl (C=O) groups excluding carboxylic acids is 1. The van der Waals surface area contributed by atoms with Crippen LogP contribution in [-0.4, -0.2) is 23.3 Å². The molecular weight excluding hydrogens is 360 g/mol. The number of thioether (sulfide) groups is 1. The van der Waals surface area contributed by atoms with Crippen LogP contribution in [0.25, 0.3) is 11.1 Å². The fourth-order valence-corrected chi connectivity index (χ4v) is 3.18. The molecule has 1 atom stereocenters. The topological polar surface area (TPSA) is 64.4 Å². The van der Waals surface area contributed by atoms with Gasteiger partial charge in [0.15, 0.2) is 5.58 Å². The number of halogens is 1. The maximum absolute atomic E-state index is 12.5. The van der Waals surface area contributed by atoms with Gasteiger partial charge in [0.2, 0.25) is 5.91 Å². The van der Waals surface area contributed by atoms with Crippen molar-refractivity contribution in [3.8, 4) is 5.75 Å². The van der Waals surface area contributed by atoms with Crippen molar-refractivity contribution in [1.29, 1.82) is 0 Å². The van der Waals surface area contributed by atoms with E-state index in [9.17, 15) is 4.79 Å². The SMILES string of the molecule is COc1cc(Cl)c(C)cc1NC(=O)C(C)Sc1nc2ccccc2o1. The number of carbonyl (C=O) groups is 1. The first-order valence-electron chi connectivity index (χ1n) is 7.65. The maximum Gasteiger partial charge on any atom is 0.257 e. The van der Waals surface area contributed by atoms with Gasteiger partial charge in [-0.2, -0.15) is 0 Å². The lowest BCUT2D eigenvalue weighted by atomic mass is 10.2. The van der Waals surface area contributed by atoms with Crippen molar-refractivity contribution in [2.75, 3.05) is 12.4 Å². The summed E-state index contributed by atoms with van der Waals surface area (Å²) in [5.74, 6) is 0.343. The quantitative estimate of drug-likeness (QED) is 0.640. The molecular formula is C18H17ClN2O3S. The van der Waals surface area contributed by atoms with Crippen LogP contribution in [0, 0.1) is 6.92 Å². The van der Waals surface area contributed by atoms with Crippen LogP contribution < -0.4 is 10.1 Å². The number of aromatic nitrogens is 1. The second-order valence-corrected chi connectivity index (χ2v) is 7.20. The largest absolute Gasteiger partial charge is 0.495 e. The molecule has 1 N–H and O–H groups in total. The lowest BCUT2D eigenvalue weighted by Crippen LogP contribution is -2.22. The number of amides is 1. The number of benzene rings is 2. The van der Waals surface area contributed by atoms with E-state index in [0.717, 1.165) is 11.1 Å². The molecule has 0 bridgehead atoms. The van der Waals surface area contributed by atoms with Gasteiger partial charge in [-0.05, 0) is 37.6 Å². The Labute approximate surface area is 154 Å². The van der Waals surface area contributed by atoms with E-state index in [1.165, 1.54) is 18.9 Å². The van der Waals surface area contributed by atoms with Crippen LogP contribution in [0.5, 0.6) is 5.75 Å². The highest BCUT2D eigenvalue weighted by molar-refractivity contribution is 8.00. The van der Waals surface area contributed by atoms with Crippen molar-refractivity contribution in [2.45, 2.75) is 24.3 Å². The minimum atomic E-state index is -0.395. The van der Waals surface area contributed by atoms with Crippen LogP contribution in [0.4, 0.5) is 5.69 Å². The van der Waals surface area contributed by atoms with E-state index in [4.69, 9.17) is 20.8 Å². The zero-order chi connectivity index (χ0) is 18.0. The first kappa shape index (κ1) is 17.6. The lowest BCUT2D eigenvalue weighted by molar-refractivity contribution is -0.115. The Hall–Kier alpha value is -2.18. The van der Waals surface area contributed by atoms with Crippen LogP contribution >= 0.6 is 23.4 Å². The first-order chi connectivity index (χ1) is 12.0. The van der Waals surface area contributed by atoms with Crippen molar-refractivity contribution in [1.82, 2.24) is 4.98 Å². The van der Waals surface area contributed by atoms with E-state index in [-0.39, 0.29) is 5.91 Å². The molecule has 0 saturated heterocycles. The standard InChI is InChI=1S/C18H17ClN2O3S/c1-10-8-14(16(23-3)9-12(10)19)20-17(22)11(2)25-18-21-13-6-4-5-7-15(13)24-18/h4-9,11H,1-3H3,(H,20,22). The van der Waals surface area contributed by atoms with E-state index in [1.54, 1.807) is 19.1 Å². The normalized spacial score (nSPS) is 12.2. The minimum Gasteiger partial charge on any atom is -0.495 e. The fourth-order valence-electron chi connectivity index (χ4n) is 2.27. The number of nitrogens with one attached hydrogen (secondary N) is 1. The zero-order valence-corrected chi connectivity index (χ0v) is 15.6. The van der Waals surface area contributed by atoms with Crippen molar-refractivity contribution in [3.05, 3.63) is 47.0 Å². The number of anilines is 1. The Kier molecular flexibility index (Phi) is 5.20. The van der Waals surface area contributed by atoms with Gasteiger partial charge in [-0.25, -0.2) is 4.98 Å². The zero-order valence-electron chi connectivity index (χ0n) is 14.0. The molecule has 0 fully saturated rings. The second kappa shape index (κ2) is 7.37. The van der Waals surface area contributed by atoms with Gasteiger partial charge >= 0.3 is 0 Å². The van der Waals surface area contributed by atoms with Crippen molar-refractivity contribution in [3.63, 3.8) is 0 Å². The number of fused-ring (bicyclic) bond motifs is 1. The average Bonchev–Trinajstić information content (AvgIpc) is 3.00. The molecule has 0 aliphatic heterocycles. The smallest absolute Gasteiger partial charge is 0.257 e. The molecule has 5 nitrogen and oxygen atoms in total. The summed E-state index contributed by atoms with van der Waals surface area (Å²) in [7, 11) is 1.53. The predicted octanol–water partition coefficient (Wildman–Crippen LogP) is 4.92. The maximum atomic E-state index is 12.5. The average molecular weight is 377 g/mol. The molecule has 1 unspecified atom stereocenters. The molecule has 0 aliphatic carbocycles. The van der Waals surface area contributed by atoms with Gasteiger partial charge in [0.1, 0.15) is 11.3 Å². The third-order valence-corrected chi connectivity index (χ3v) is 5.01. The molecule has 1 heterocycles. The number of hydrogen-bond donors (Lipinski definition) is 1. The third-order valence-electron chi connectivity index (χ3n) is 3.66. The molecule has 0 aliphatic rings. The molecule has 0 radical (unpaired) electrons. The van der Waals surface area contributed by atoms with Gasteiger partial charge in [-0.3, -0.25) is 4.79 Å². The number of aryl methyl sites for hydroxylation is 1. The highest BCUT2D eigenvalue weighted by Gasteiger charge is 2.20. The van der Waals surface area contributed by atoms with Gasteiger partial charge in [0.05, 0.1) is 18.0 Å². The number of hydrogen-bond acceptors (Lipinski definition) is 5. The summed E-state index contributed by atoms with van der Waals surface area (Å²) < 4.78 is 10.9. The Morgan fingerprint density at radius 2 is 2.12 bits per heavy atom. The summed E-state index contributed by atoms with van der Waals surface area (Å²) >= 11 is 7.35. The molecule has 7 heteroatoms. The van der Waals surface area contributed by atoms with Crippen molar-refractivity contribution >= 4 is 46.1 Å². The molecule has 3 rings (SSSR count). The first-order valence-corrected chi connectivity index (χ1v) is 8.91. The molecule has 0 saturated carbocycles. The van der Waals surface area contributed by atoms with Gasteiger partial charge in [-0.1, -0.05) is 35.5 Å². The molecule has 1 aromatic heterocycles. The van der Waals surface area contributed by atoms with Crippen LogP contribution in [0.3, 0.4) is 0 Å². The van der Waals surface area contributed by atoms with E-state index in [1.807, 2.05) is 31.2 Å². The number of oxazole rings is 1. The van der Waals surface area contributed by atoms with E-state index in [2.05, 4.69) is 10.3 Å². The summed E-state index contributed by atoms with van der Waals surface area (Å²) in [6.07, 6.45) is 0. The Morgan fingerprint density at radius 3 is 2.84 bits per heavy atom. The molecule has 25 heavy (non-hydrogen) atoms. The van der Waals surface area contributed by atoms with Gasteiger partial charge in [0.25, 0.3) is 5.22 Å². The van der Waals surface area contributed by atoms with Crippen LogP contribution in [0.15, 0.2) is 46.0 Å². The highest BCUT2D eigenvalue weighted by atomic mass is 35.5. The van der Waals surface area contributed by atoms with Gasteiger partial charge in [-0.15, -0.1) is 0 Å². The third kappa shape index (κ3) is 3.91. The number of methoxy groups -OCH3 is 1. The number of ether oxygens (including phenoxy) is 1. The summed E-state index contributed by atoms with van der Waals surface area (Å²) in [5, 5.41) is 3.52. The number of nitrogens with zero attached hydrogens (tertiary/aromatic N) is 1. The molecule has 2 aromatic carbocycles. The monoisotopic (exact) mass is 376 g/mol. The molecule has 0 spiro atoms. The van der Waals surface area contributed by atoms with Crippen LogP contribution in [0.1, 0.15) is 12.5 Å². The minimum absolute atomic E-state index is 0.174. The Bertz CT molecular complexity index is 893. The summed E-state index contributed by atoms with van der Waals surface area (Å²) in [5.41, 5.74) is 2.91. The lowest BCUT2D eigenvalue weighted by Gasteiger charge is -2.14. The summed E-state index contributed by atoms with van der Waals surface area (Å²) in [6, 6.07) is 11.0. The number of rotatable bonds is 5. The fraction of sp³-hybridized carbons (Fsp3) is 0.222. The van der Waals surface area contributed by atoms with Gasteiger partial charge in [0, 0.05) is 11.1 Å². The molecule has 3 aromatic rings. The summed E-state index contributed by atoms with van der Waals surface area (Å²) in [6.45, 7) is 3.66. The van der Waals surface area contributed by atoms with Crippen LogP contribution in [0.2, 0.25) is 5.02 Å². The van der Waals surface area contributed by atoms with Crippen LogP contribution in [-0.2, 0) is 4.79 Å².